The van der Waals surface area contributed by atoms with Gasteiger partial charge in [0.25, 0.3) is 0 Å². The number of hydrogen-bond acceptors (Lipinski definition) is 3. The minimum absolute atomic E-state index is 0.822. The molecule has 0 fully saturated rings. The van der Waals surface area contributed by atoms with Gasteiger partial charge in [0.05, 0.1) is 27.8 Å². The molecule has 0 N–H and O–H groups in total. The highest BCUT2D eigenvalue weighted by Gasteiger charge is 2.39. The minimum atomic E-state index is -3.11. The van der Waals surface area contributed by atoms with E-state index in [1.807, 2.05) is 97.1 Å². The van der Waals surface area contributed by atoms with E-state index in [9.17, 15) is 0 Å². The van der Waals surface area contributed by atoms with Crippen LogP contribution in [0, 0.1) is 0 Å². The first kappa shape index (κ1) is 25.0. The molecule has 1 aliphatic rings. The van der Waals surface area contributed by atoms with Crippen molar-refractivity contribution in [2.45, 2.75) is 0 Å². The highest BCUT2D eigenvalue weighted by atomic mass is 31.2. The van der Waals surface area contributed by atoms with E-state index in [2.05, 4.69) is 63.7 Å². The van der Waals surface area contributed by atoms with Gasteiger partial charge in [0.15, 0.2) is 7.14 Å². The van der Waals surface area contributed by atoms with Crippen LogP contribution in [0.5, 0.6) is 0 Å². The topological polar surface area (TPSA) is 52.7 Å². The number of benzene rings is 6. The number of fused-ring (bicyclic) bond motifs is 3. The van der Waals surface area contributed by atoms with Gasteiger partial charge in [-0.1, -0.05) is 103 Å². The molecule has 208 valence electrons. The number of para-hydroxylation sites is 5. The summed E-state index contributed by atoms with van der Waals surface area (Å²) in [7, 11) is -3.11. The van der Waals surface area contributed by atoms with Crippen molar-refractivity contribution in [2.24, 2.45) is 0 Å². The molecule has 0 spiro atoms. The van der Waals surface area contributed by atoms with Crippen LogP contribution in [-0.4, -0.2) is 19.1 Å². The maximum Gasteiger partial charge on any atom is 0.175 e. The van der Waals surface area contributed by atoms with Crippen molar-refractivity contribution in [3.8, 4) is 34.2 Å². The van der Waals surface area contributed by atoms with Crippen molar-refractivity contribution >= 4 is 45.1 Å². The summed E-state index contributed by atoms with van der Waals surface area (Å²) < 4.78 is 19.6. The quantitative estimate of drug-likeness (QED) is 0.200. The Kier molecular flexibility index (Phi) is 5.40. The lowest BCUT2D eigenvalue weighted by Crippen LogP contribution is -2.32. The fourth-order valence-electron chi connectivity index (χ4n) is 6.58. The van der Waals surface area contributed by atoms with E-state index in [4.69, 9.17) is 9.97 Å². The molecule has 9 rings (SSSR count). The normalized spacial score (nSPS) is 15.5. The van der Waals surface area contributed by atoms with Gasteiger partial charge in [-0.2, -0.15) is 0 Å². The van der Waals surface area contributed by atoms with Gasteiger partial charge >= 0.3 is 0 Å². The van der Waals surface area contributed by atoms with Crippen molar-refractivity contribution < 1.29 is 4.57 Å². The summed E-state index contributed by atoms with van der Waals surface area (Å²) in [6.45, 7) is 0. The van der Waals surface area contributed by atoms with Crippen LogP contribution in [0.3, 0.4) is 0 Å². The molecule has 0 saturated carbocycles. The van der Waals surface area contributed by atoms with Gasteiger partial charge in [-0.25, -0.2) is 9.97 Å². The SMILES string of the molecule is O=P1(c2ccccc2)c2ccccc2-n2c(-c3ccc(-c4nc5ccccc5n4-c4ccccc4)cc3)nc3cccc1c32. The molecule has 8 aromatic rings. The molecule has 1 atom stereocenters. The molecule has 6 aromatic carbocycles. The van der Waals surface area contributed by atoms with Gasteiger partial charge in [0.2, 0.25) is 0 Å². The molecule has 1 unspecified atom stereocenters. The average Bonchev–Trinajstić information content (AvgIpc) is 3.68. The molecule has 3 heterocycles. The van der Waals surface area contributed by atoms with E-state index in [1.165, 1.54) is 0 Å². The van der Waals surface area contributed by atoms with Crippen LogP contribution in [0.15, 0.2) is 152 Å². The van der Waals surface area contributed by atoms with E-state index in [1.54, 1.807) is 0 Å². The third-order valence-corrected chi connectivity index (χ3v) is 11.7. The minimum Gasteiger partial charge on any atom is -0.308 e. The Morgan fingerprint density at radius 2 is 1.05 bits per heavy atom. The zero-order chi connectivity index (χ0) is 29.3. The lowest BCUT2D eigenvalue weighted by molar-refractivity contribution is 0.592. The van der Waals surface area contributed by atoms with Crippen molar-refractivity contribution in [1.29, 1.82) is 0 Å². The van der Waals surface area contributed by atoms with Crippen LogP contribution in [0.1, 0.15) is 0 Å². The van der Waals surface area contributed by atoms with Crippen molar-refractivity contribution in [3.63, 3.8) is 0 Å². The molecule has 2 aromatic heterocycles. The Labute approximate surface area is 254 Å². The number of imidazole rings is 2. The first-order valence-corrected chi connectivity index (χ1v) is 16.3. The molecule has 44 heavy (non-hydrogen) atoms. The molecule has 1 aliphatic heterocycles. The van der Waals surface area contributed by atoms with E-state index in [0.29, 0.717) is 0 Å². The molecule has 0 saturated heterocycles. The third kappa shape index (κ3) is 3.51. The number of aromatic nitrogens is 4. The summed E-state index contributed by atoms with van der Waals surface area (Å²) in [6, 6.07) is 50.9. The van der Waals surface area contributed by atoms with Gasteiger partial charge in [0, 0.05) is 32.7 Å². The van der Waals surface area contributed by atoms with Gasteiger partial charge in [-0.05, 0) is 48.5 Å². The highest BCUT2D eigenvalue weighted by molar-refractivity contribution is 7.86. The molecule has 0 bridgehead atoms. The summed E-state index contributed by atoms with van der Waals surface area (Å²) in [5.74, 6) is 1.71. The lowest BCUT2D eigenvalue weighted by Gasteiger charge is -2.29. The first-order valence-electron chi connectivity index (χ1n) is 14.6. The van der Waals surface area contributed by atoms with Gasteiger partial charge < -0.3 is 4.57 Å². The Balaban J connectivity index is 1.24. The third-order valence-electron chi connectivity index (χ3n) is 8.55. The maximum atomic E-state index is 15.2. The lowest BCUT2D eigenvalue weighted by atomic mass is 10.1. The van der Waals surface area contributed by atoms with Crippen LogP contribution < -0.4 is 15.9 Å². The Morgan fingerprint density at radius 3 is 1.82 bits per heavy atom. The Hall–Kier alpha value is -5.51. The fraction of sp³-hybridized carbons (Fsp3) is 0. The molecule has 0 aliphatic carbocycles. The summed E-state index contributed by atoms with van der Waals surface area (Å²) in [4.78, 5) is 10.2. The second-order valence-corrected chi connectivity index (χ2v) is 13.7. The predicted molar refractivity (Wildman–Crippen MR) is 180 cm³/mol. The highest BCUT2D eigenvalue weighted by Crippen LogP contribution is 2.50. The van der Waals surface area contributed by atoms with E-state index in [-0.39, 0.29) is 0 Å². The predicted octanol–water partition coefficient (Wildman–Crippen LogP) is 7.65. The summed E-state index contributed by atoms with van der Waals surface area (Å²) in [6.07, 6.45) is 0. The fourth-order valence-corrected chi connectivity index (χ4v) is 9.59. The van der Waals surface area contributed by atoms with E-state index >= 15 is 4.57 Å². The molecule has 0 radical (unpaired) electrons. The second kappa shape index (κ2) is 9.50. The van der Waals surface area contributed by atoms with Gasteiger partial charge in [-0.15, -0.1) is 0 Å². The van der Waals surface area contributed by atoms with Crippen LogP contribution in [0.4, 0.5) is 0 Å². The number of hydrogen-bond donors (Lipinski definition) is 0. The van der Waals surface area contributed by atoms with Crippen LogP contribution in [0.25, 0.3) is 56.2 Å². The smallest absolute Gasteiger partial charge is 0.175 e. The second-order valence-electron chi connectivity index (χ2n) is 11.0. The zero-order valence-corrected chi connectivity index (χ0v) is 24.5. The van der Waals surface area contributed by atoms with Crippen LogP contribution in [-0.2, 0) is 4.57 Å². The van der Waals surface area contributed by atoms with E-state index < -0.39 is 7.14 Å². The Morgan fingerprint density at radius 1 is 0.477 bits per heavy atom. The standard InChI is InChI=1S/C38H25N4OP/c43-44(29-14-5-2-6-15-29)34-20-10-9-19-33(34)42-36-31(17-11-21-35(36)44)40-38(42)27-24-22-26(23-25-27)37-39-30-16-7-8-18-32(30)41(37)28-12-3-1-4-13-28/h1-25H. The summed E-state index contributed by atoms with van der Waals surface area (Å²) in [5.41, 5.74) is 7.71. The molecular weight excluding hydrogens is 559 g/mol. The van der Waals surface area contributed by atoms with Gasteiger partial charge in [0.1, 0.15) is 11.6 Å². The monoisotopic (exact) mass is 584 g/mol. The maximum absolute atomic E-state index is 15.2. The molecular formula is C38H25N4OP. The molecule has 0 amide bonds. The largest absolute Gasteiger partial charge is 0.308 e. The number of nitrogens with zero attached hydrogens (tertiary/aromatic N) is 4. The first-order chi connectivity index (χ1) is 21.7. The molecule has 5 nitrogen and oxygen atoms in total. The summed E-state index contributed by atoms with van der Waals surface area (Å²) >= 11 is 0. The van der Waals surface area contributed by atoms with Crippen LogP contribution in [0.2, 0.25) is 0 Å². The Bertz CT molecular complexity index is 2410. The van der Waals surface area contributed by atoms with Crippen molar-refractivity contribution in [3.05, 3.63) is 152 Å². The number of rotatable bonds is 4. The van der Waals surface area contributed by atoms with Gasteiger partial charge in [-0.3, -0.25) is 9.13 Å². The average molecular weight is 585 g/mol. The van der Waals surface area contributed by atoms with Crippen LogP contribution >= 0.6 is 7.14 Å². The summed E-state index contributed by atoms with van der Waals surface area (Å²) in [5, 5.41) is 2.49. The molecule has 6 heteroatoms. The van der Waals surface area contributed by atoms with E-state index in [0.717, 1.165) is 72.1 Å². The van der Waals surface area contributed by atoms with Crippen molar-refractivity contribution in [2.75, 3.05) is 0 Å². The van der Waals surface area contributed by atoms with Crippen molar-refractivity contribution in [1.82, 2.24) is 19.1 Å². The zero-order valence-electron chi connectivity index (χ0n) is 23.6.